The molecule has 2 amide bonds. The predicted octanol–water partition coefficient (Wildman–Crippen LogP) is -0.541. The van der Waals surface area contributed by atoms with Gasteiger partial charge >= 0.3 is 5.97 Å². The summed E-state index contributed by atoms with van der Waals surface area (Å²) in [7, 11) is 1.31. The van der Waals surface area contributed by atoms with Gasteiger partial charge in [-0.1, -0.05) is 0 Å². The van der Waals surface area contributed by atoms with Crippen molar-refractivity contribution in [3.63, 3.8) is 0 Å². The molecule has 0 aliphatic rings. The minimum atomic E-state index is -1.42. The molecule has 1 unspecified atom stereocenters. The molecule has 0 heterocycles. The number of hydrogen-bond acceptors (Lipinski definition) is 5. The first-order chi connectivity index (χ1) is 9.35. The summed E-state index contributed by atoms with van der Waals surface area (Å²) in [5.41, 5.74) is 4.98. The summed E-state index contributed by atoms with van der Waals surface area (Å²) in [6.07, 6.45) is -0.518. The number of phenolic OH excluding ortho intramolecular Hbond substituents is 1. The summed E-state index contributed by atoms with van der Waals surface area (Å²) in [5.74, 6) is -3.03. The van der Waals surface area contributed by atoms with Crippen molar-refractivity contribution in [2.45, 2.75) is 12.5 Å². The molecule has 0 aromatic heterocycles. The van der Waals surface area contributed by atoms with Gasteiger partial charge in [0.05, 0.1) is 13.5 Å². The number of aliphatic carboxylic acids is 1. The topological polar surface area (TPSA) is 139 Å². The first-order valence-corrected chi connectivity index (χ1v) is 5.54. The fraction of sp³-hybridized carbons (Fsp3) is 0.250. The zero-order valence-corrected chi connectivity index (χ0v) is 10.6. The van der Waals surface area contributed by atoms with Gasteiger partial charge in [-0.15, -0.1) is 0 Å². The van der Waals surface area contributed by atoms with Crippen molar-refractivity contribution in [1.29, 1.82) is 0 Å². The highest BCUT2D eigenvalue weighted by atomic mass is 16.5. The molecular formula is C12H14N2O6. The van der Waals surface area contributed by atoms with Gasteiger partial charge in [-0.3, -0.25) is 9.59 Å². The van der Waals surface area contributed by atoms with Crippen molar-refractivity contribution in [1.82, 2.24) is 5.32 Å². The van der Waals surface area contributed by atoms with Crippen LogP contribution in [0.1, 0.15) is 16.8 Å². The number of ether oxygens (including phenoxy) is 1. The van der Waals surface area contributed by atoms with Crippen molar-refractivity contribution < 1.29 is 29.3 Å². The second kappa shape index (κ2) is 6.41. The van der Waals surface area contributed by atoms with E-state index in [4.69, 9.17) is 15.6 Å². The molecule has 0 aliphatic carbocycles. The zero-order chi connectivity index (χ0) is 15.3. The van der Waals surface area contributed by atoms with Crippen molar-refractivity contribution in [2.75, 3.05) is 7.11 Å². The number of methoxy groups -OCH3 is 1. The third-order valence-electron chi connectivity index (χ3n) is 2.45. The Morgan fingerprint density at radius 3 is 2.55 bits per heavy atom. The van der Waals surface area contributed by atoms with Crippen molar-refractivity contribution in [3.8, 4) is 11.5 Å². The maximum Gasteiger partial charge on any atom is 0.326 e. The Labute approximate surface area is 114 Å². The lowest BCUT2D eigenvalue weighted by Crippen LogP contribution is -2.43. The highest BCUT2D eigenvalue weighted by Gasteiger charge is 2.23. The monoisotopic (exact) mass is 282 g/mol. The van der Waals surface area contributed by atoms with Crippen LogP contribution in [0.5, 0.6) is 11.5 Å². The van der Waals surface area contributed by atoms with Crippen LogP contribution in [-0.4, -0.2) is 41.1 Å². The minimum Gasteiger partial charge on any atom is -0.504 e. The molecule has 0 saturated carbocycles. The first kappa shape index (κ1) is 15.3. The molecule has 8 heteroatoms. The molecule has 0 aliphatic heterocycles. The molecule has 1 aromatic rings. The molecule has 1 rings (SSSR count). The fourth-order valence-corrected chi connectivity index (χ4v) is 1.46. The lowest BCUT2D eigenvalue weighted by Gasteiger charge is -2.13. The average molecular weight is 282 g/mol. The smallest absolute Gasteiger partial charge is 0.326 e. The SMILES string of the molecule is COc1cc(C(=O)NC(CC(N)=O)C(=O)O)ccc1O. The largest absolute Gasteiger partial charge is 0.504 e. The standard InChI is InChI=1S/C12H14N2O6/c1-20-9-4-6(2-3-8(9)15)11(17)14-7(12(18)19)5-10(13)16/h2-4,7,15H,5H2,1H3,(H2,13,16)(H,14,17)(H,18,19). The number of carboxylic acid groups (broad SMARTS) is 1. The van der Waals surface area contributed by atoms with E-state index in [9.17, 15) is 19.5 Å². The Bertz CT molecular complexity index is 543. The predicted molar refractivity (Wildman–Crippen MR) is 67.4 cm³/mol. The van der Waals surface area contributed by atoms with Crippen LogP contribution in [0.25, 0.3) is 0 Å². The molecule has 1 aromatic carbocycles. The van der Waals surface area contributed by atoms with Gasteiger partial charge in [0.1, 0.15) is 6.04 Å². The molecule has 20 heavy (non-hydrogen) atoms. The highest BCUT2D eigenvalue weighted by molar-refractivity contribution is 5.98. The lowest BCUT2D eigenvalue weighted by atomic mass is 10.1. The number of carbonyl (C=O) groups is 3. The third-order valence-corrected chi connectivity index (χ3v) is 2.45. The molecule has 1 atom stereocenters. The van der Waals surface area contributed by atoms with Gasteiger partial charge in [-0.2, -0.15) is 0 Å². The van der Waals surface area contributed by atoms with Crippen LogP contribution < -0.4 is 15.8 Å². The minimum absolute atomic E-state index is 0.0689. The van der Waals surface area contributed by atoms with E-state index in [1.54, 1.807) is 0 Å². The summed E-state index contributed by atoms with van der Waals surface area (Å²) in [6, 6.07) is 2.35. The van der Waals surface area contributed by atoms with Crippen molar-refractivity contribution in [2.24, 2.45) is 5.73 Å². The van der Waals surface area contributed by atoms with Gasteiger partial charge < -0.3 is 26.0 Å². The number of aromatic hydroxyl groups is 1. The van der Waals surface area contributed by atoms with Crippen LogP contribution in [-0.2, 0) is 9.59 Å². The van der Waals surface area contributed by atoms with Crippen molar-refractivity contribution in [3.05, 3.63) is 23.8 Å². The maximum absolute atomic E-state index is 11.9. The Morgan fingerprint density at radius 1 is 1.40 bits per heavy atom. The summed E-state index contributed by atoms with van der Waals surface area (Å²) in [5, 5.41) is 20.4. The summed E-state index contributed by atoms with van der Waals surface area (Å²) < 4.78 is 4.83. The van der Waals surface area contributed by atoms with E-state index in [2.05, 4.69) is 5.32 Å². The van der Waals surface area contributed by atoms with Crippen LogP contribution in [0.15, 0.2) is 18.2 Å². The van der Waals surface area contributed by atoms with Gasteiger partial charge in [0, 0.05) is 5.56 Å². The zero-order valence-electron chi connectivity index (χ0n) is 10.6. The Morgan fingerprint density at radius 2 is 2.05 bits per heavy atom. The van der Waals surface area contributed by atoms with E-state index in [0.717, 1.165) is 0 Å². The number of benzene rings is 1. The summed E-state index contributed by atoms with van der Waals surface area (Å²) >= 11 is 0. The van der Waals surface area contributed by atoms with Crippen LogP contribution in [0.3, 0.4) is 0 Å². The highest BCUT2D eigenvalue weighted by Crippen LogP contribution is 2.26. The third kappa shape index (κ3) is 3.87. The quantitative estimate of drug-likeness (QED) is 0.552. The first-order valence-electron chi connectivity index (χ1n) is 5.54. The number of carbonyl (C=O) groups excluding carboxylic acids is 2. The Balaban J connectivity index is 2.88. The van der Waals surface area contributed by atoms with Gasteiger partial charge in [0.2, 0.25) is 5.91 Å². The average Bonchev–Trinajstić information content (AvgIpc) is 2.37. The van der Waals surface area contributed by atoms with E-state index >= 15 is 0 Å². The van der Waals surface area contributed by atoms with Gasteiger partial charge in [-0.05, 0) is 18.2 Å². The van der Waals surface area contributed by atoms with Crippen molar-refractivity contribution >= 4 is 17.8 Å². The molecular weight excluding hydrogens is 268 g/mol. The molecule has 108 valence electrons. The summed E-state index contributed by atoms with van der Waals surface area (Å²) in [6.45, 7) is 0. The number of nitrogens with one attached hydrogen (secondary N) is 1. The van der Waals surface area contributed by atoms with E-state index in [-0.39, 0.29) is 17.1 Å². The second-order valence-electron chi connectivity index (χ2n) is 3.92. The van der Waals surface area contributed by atoms with Crippen LogP contribution in [0.2, 0.25) is 0 Å². The van der Waals surface area contributed by atoms with E-state index in [1.807, 2.05) is 0 Å². The molecule has 0 fully saturated rings. The number of rotatable bonds is 6. The molecule has 5 N–H and O–H groups in total. The van der Waals surface area contributed by atoms with Crippen LogP contribution in [0, 0.1) is 0 Å². The van der Waals surface area contributed by atoms with Crippen LogP contribution >= 0.6 is 0 Å². The summed E-state index contributed by atoms with van der Waals surface area (Å²) in [4.78, 5) is 33.5. The molecule has 0 radical (unpaired) electrons. The van der Waals surface area contributed by atoms with E-state index < -0.39 is 30.2 Å². The molecule has 0 saturated heterocycles. The molecule has 8 nitrogen and oxygen atoms in total. The number of nitrogens with two attached hydrogens (primary N) is 1. The van der Waals surface area contributed by atoms with Crippen LogP contribution in [0.4, 0.5) is 0 Å². The van der Waals surface area contributed by atoms with Gasteiger partial charge in [0.15, 0.2) is 11.5 Å². The molecule has 0 bridgehead atoms. The second-order valence-corrected chi connectivity index (χ2v) is 3.92. The lowest BCUT2D eigenvalue weighted by molar-refractivity contribution is -0.140. The number of hydrogen-bond donors (Lipinski definition) is 4. The Hall–Kier alpha value is -2.77. The van der Waals surface area contributed by atoms with Gasteiger partial charge in [-0.25, -0.2) is 4.79 Å². The maximum atomic E-state index is 11.9. The normalized spacial score (nSPS) is 11.4. The Kier molecular flexibility index (Phi) is 4.90. The fourth-order valence-electron chi connectivity index (χ4n) is 1.46. The van der Waals surface area contributed by atoms with E-state index in [1.165, 1.54) is 25.3 Å². The number of primary amides is 1. The molecule has 0 spiro atoms. The van der Waals surface area contributed by atoms with Gasteiger partial charge in [0.25, 0.3) is 5.91 Å². The number of phenols is 1. The van der Waals surface area contributed by atoms with E-state index in [0.29, 0.717) is 0 Å². The number of carboxylic acids is 1. The number of amides is 2.